The zero-order valence-electron chi connectivity index (χ0n) is 10.2. The molecule has 0 aliphatic carbocycles. The van der Waals surface area contributed by atoms with Crippen LogP contribution in [0.3, 0.4) is 0 Å². The molecule has 1 fully saturated rings. The fourth-order valence-corrected chi connectivity index (χ4v) is 5.09. The summed E-state index contributed by atoms with van der Waals surface area (Å²) in [6.45, 7) is 2.16. The monoisotopic (exact) mass is 289 g/mol. The maximum atomic E-state index is 13.6. The third kappa shape index (κ3) is 3.19. The predicted octanol–water partition coefficient (Wildman–Crippen LogP) is 3.07. The van der Waals surface area contributed by atoms with Crippen molar-refractivity contribution in [3.05, 3.63) is 35.4 Å². The molecule has 1 aliphatic heterocycles. The van der Waals surface area contributed by atoms with E-state index in [1.165, 1.54) is 6.07 Å². The zero-order chi connectivity index (χ0) is 13.1. The predicted molar refractivity (Wildman–Crippen MR) is 76.2 cm³/mol. The van der Waals surface area contributed by atoms with Crippen molar-refractivity contribution in [1.82, 2.24) is 0 Å². The number of thioether (sulfide) groups is 2. The SMILES string of the molecule is CC1SCCSC1C(N)Cc1cccc(F)c1F. The zero-order valence-corrected chi connectivity index (χ0v) is 11.9. The van der Waals surface area contributed by atoms with Gasteiger partial charge in [-0.05, 0) is 18.1 Å². The average Bonchev–Trinajstić information content (AvgIpc) is 2.35. The van der Waals surface area contributed by atoms with Crippen molar-refractivity contribution in [3.63, 3.8) is 0 Å². The first-order valence-electron chi connectivity index (χ1n) is 6.01. The van der Waals surface area contributed by atoms with E-state index in [0.717, 1.165) is 17.6 Å². The van der Waals surface area contributed by atoms with Gasteiger partial charge in [0.25, 0.3) is 0 Å². The van der Waals surface area contributed by atoms with Gasteiger partial charge in [0, 0.05) is 28.0 Å². The molecule has 1 aliphatic rings. The number of halogens is 2. The fourth-order valence-electron chi connectivity index (χ4n) is 2.20. The molecule has 0 radical (unpaired) electrons. The summed E-state index contributed by atoms with van der Waals surface area (Å²) < 4.78 is 26.7. The maximum absolute atomic E-state index is 13.6. The van der Waals surface area contributed by atoms with Crippen molar-refractivity contribution in [2.75, 3.05) is 11.5 Å². The van der Waals surface area contributed by atoms with Gasteiger partial charge in [0.05, 0.1) is 0 Å². The van der Waals surface area contributed by atoms with Gasteiger partial charge in [-0.3, -0.25) is 0 Å². The minimum atomic E-state index is -0.793. The molecular weight excluding hydrogens is 272 g/mol. The molecular formula is C13H17F2NS2. The van der Waals surface area contributed by atoms with Crippen molar-refractivity contribution < 1.29 is 8.78 Å². The maximum Gasteiger partial charge on any atom is 0.162 e. The molecule has 3 atom stereocenters. The van der Waals surface area contributed by atoms with Crippen molar-refractivity contribution >= 4 is 23.5 Å². The van der Waals surface area contributed by atoms with Gasteiger partial charge in [-0.15, -0.1) is 0 Å². The first-order valence-corrected chi connectivity index (χ1v) is 8.11. The van der Waals surface area contributed by atoms with Crippen LogP contribution in [0.4, 0.5) is 8.78 Å². The number of hydrogen-bond donors (Lipinski definition) is 1. The Labute approximate surface area is 115 Å². The summed E-state index contributed by atoms with van der Waals surface area (Å²) in [5.74, 6) is 0.676. The largest absolute Gasteiger partial charge is 0.326 e. The van der Waals surface area contributed by atoms with E-state index in [-0.39, 0.29) is 6.04 Å². The van der Waals surface area contributed by atoms with Crippen LogP contribution in [0.5, 0.6) is 0 Å². The standard InChI is InChI=1S/C13H17F2NS2/c1-8-13(18-6-5-17-8)11(16)7-9-3-2-4-10(14)12(9)15/h2-4,8,11,13H,5-7,16H2,1H3. The normalized spacial score (nSPS) is 26.0. The number of rotatable bonds is 3. The third-order valence-electron chi connectivity index (χ3n) is 3.15. The Morgan fingerprint density at radius 1 is 1.33 bits per heavy atom. The van der Waals surface area contributed by atoms with Crippen LogP contribution < -0.4 is 5.73 Å². The van der Waals surface area contributed by atoms with Crippen molar-refractivity contribution in [1.29, 1.82) is 0 Å². The van der Waals surface area contributed by atoms with Gasteiger partial charge in [-0.2, -0.15) is 23.5 Å². The van der Waals surface area contributed by atoms with Crippen LogP contribution in [0.15, 0.2) is 18.2 Å². The van der Waals surface area contributed by atoms with Crippen molar-refractivity contribution in [2.24, 2.45) is 5.73 Å². The number of hydrogen-bond acceptors (Lipinski definition) is 3. The van der Waals surface area contributed by atoms with E-state index in [2.05, 4.69) is 6.92 Å². The second-order valence-electron chi connectivity index (χ2n) is 4.49. The van der Waals surface area contributed by atoms with Crippen LogP contribution in [0.25, 0.3) is 0 Å². The van der Waals surface area contributed by atoms with Gasteiger partial charge in [-0.25, -0.2) is 8.78 Å². The Morgan fingerprint density at radius 2 is 2.06 bits per heavy atom. The smallest absolute Gasteiger partial charge is 0.162 e. The molecule has 2 rings (SSSR count). The van der Waals surface area contributed by atoms with Crippen molar-refractivity contribution in [2.45, 2.75) is 29.9 Å². The van der Waals surface area contributed by atoms with Crippen LogP contribution in [0.2, 0.25) is 0 Å². The molecule has 3 unspecified atom stereocenters. The molecule has 2 N–H and O–H groups in total. The van der Waals surface area contributed by atoms with Gasteiger partial charge in [-0.1, -0.05) is 19.1 Å². The van der Waals surface area contributed by atoms with Crippen LogP contribution in [-0.2, 0) is 6.42 Å². The summed E-state index contributed by atoms with van der Waals surface area (Å²) in [6.07, 6.45) is 0.395. The average molecular weight is 289 g/mol. The van der Waals surface area contributed by atoms with Crippen LogP contribution in [0, 0.1) is 11.6 Å². The molecule has 18 heavy (non-hydrogen) atoms. The summed E-state index contributed by atoms with van der Waals surface area (Å²) in [4.78, 5) is 0. The van der Waals surface area contributed by atoms with E-state index in [0.29, 0.717) is 22.5 Å². The van der Waals surface area contributed by atoms with Gasteiger partial charge in [0.1, 0.15) is 0 Å². The summed E-state index contributed by atoms with van der Waals surface area (Å²) in [7, 11) is 0. The molecule has 1 saturated heterocycles. The lowest BCUT2D eigenvalue weighted by Crippen LogP contribution is -2.42. The minimum Gasteiger partial charge on any atom is -0.326 e. The Morgan fingerprint density at radius 3 is 2.78 bits per heavy atom. The van der Waals surface area contributed by atoms with E-state index >= 15 is 0 Å². The summed E-state index contributed by atoms with van der Waals surface area (Å²) in [6, 6.07) is 4.16. The minimum absolute atomic E-state index is 0.130. The molecule has 0 bridgehead atoms. The Kier molecular flexibility index (Phi) is 4.92. The summed E-state index contributed by atoms with van der Waals surface area (Å²) >= 11 is 3.75. The molecule has 0 spiro atoms. The number of nitrogens with two attached hydrogens (primary N) is 1. The molecule has 1 nitrogen and oxygen atoms in total. The molecule has 0 aromatic heterocycles. The highest BCUT2D eigenvalue weighted by Gasteiger charge is 2.28. The topological polar surface area (TPSA) is 26.0 Å². The Bertz CT molecular complexity index is 414. The van der Waals surface area contributed by atoms with E-state index in [1.807, 2.05) is 23.5 Å². The highest BCUT2D eigenvalue weighted by Crippen LogP contribution is 2.33. The van der Waals surface area contributed by atoms with Crippen LogP contribution in [-0.4, -0.2) is 28.0 Å². The Balaban J connectivity index is 2.06. The van der Waals surface area contributed by atoms with Crippen LogP contribution >= 0.6 is 23.5 Å². The molecule has 100 valence electrons. The lowest BCUT2D eigenvalue weighted by atomic mass is 10.0. The fraction of sp³-hybridized carbons (Fsp3) is 0.538. The first kappa shape index (κ1) is 14.2. The highest BCUT2D eigenvalue weighted by atomic mass is 32.2. The van der Waals surface area contributed by atoms with E-state index in [9.17, 15) is 8.78 Å². The first-order chi connectivity index (χ1) is 8.59. The molecule has 5 heteroatoms. The molecule has 0 amide bonds. The third-order valence-corrected chi connectivity index (χ3v) is 6.42. The van der Waals surface area contributed by atoms with E-state index in [4.69, 9.17) is 5.73 Å². The highest BCUT2D eigenvalue weighted by molar-refractivity contribution is 8.07. The summed E-state index contributed by atoms with van der Waals surface area (Å²) in [5.41, 5.74) is 6.55. The summed E-state index contributed by atoms with van der Waals surface area (Å²) in [5, 5.41) is 0.779. The van der Waals surface area contributed by atoms with E-state index in [1.54, 1.807) is 6.07 Å². The van der Waals surface area contributed by atoms with Crippen LogP contribution in [0.1, 0.15) is 12.5 Å². The quantitative estimate of drug-likeness (QED) is 0.926. The molecule has 1 heterocycles. The Hall–Kier alpha value is -0.260. The van der Waals surface area contributed by atoms with Gasteiger partial charge < -0.3 is 5.73 Å². The second kappa shape index (κ2) is 6.26. The lowest BCUT2D eigenvalue weighted by molar-refractivity contribution is 0.491. The molecule has 1 aromatic rings. The second-order valence-corrected chi connectivity index (χ2v) is 7.26. The van der Waals surface area contributed by atoms with E-state index < -0.39 is 11.6 Å². The van der Waals surface area contributed by atoms with Gasteiger partial charge in [0.2, 0.25) is 0 Å². The van der Waals surface area contributed by atoms with Gasteiger partial charge in [0.15, 0.2) is 11.6 Å². The van der Waals surface area contributed by atoms with Gasteiger partial charge >= 0.3 is 0 Å². The number of benzene rings is 1. The van der Waals surface area contributed by atoms with Crippen molar-refractivity contribution in [3.8, 4) is 0 Å². The molecule has 0 saturated carbocycles. The lowest BCUT2D eigenvalue weighted by Gasteiger charge is -2.32. The molecule has 1 aromatic carbocycles.